The van der Waals surface area contributed by atoms with Gasteiger partial charge >= 0.3 is 23.9 Å². The van der Waals surface area contributed by atoms with Gasteiger partial charge in [-0.2, -0.15) is 0 Å². The molecule has 51 heavy (non-hydrogen) atoms. The maximum absolute atomic E-state index is 13.5. The fourth-order valence-electron chi connectivity index (χ4n) is 4.86. The first-order valence-corrected chi connectivity index (χ1v) is 17.5. The number of carboxylic acids is 3. The Labute approximate surface area is 295 Å². The minimum absolute atomic E-state index is 0.0589. The molecule has 0 saturated heterocycles. The van der Waals surface area contributed by atoms with Crippen LogP contribution in [0.5, 0.6) is 0 Å². The average molecular weight is 731 g/mol. The zero-order valence-corrected chi connectivity index (χ0v) is 28.9. The standard InChI is InChI=1S/C35H42N2O13S/c1-22(2)27(35(47)36-25(19-32(43)44)15-16-51(48,49)26-11-7-4-8-12-26)20-29(38)28(13-14-30(39)40)37-34(46)24(17-31(41)42)18-33(45)50-21-23-9-5-3-6-10-23/h3-12,15-16,22,24-25,27-28H,13-14,17-21H2,1-2H3,(H,36,47)(H,37,46)(H,39,40)(H,41,42)(H,43,44)/b16-15+/t24-,25-,27+,28+/m1/s1. The van der Waals surface area contributed by atoms with E-state index in [1.54, 1.807) is 50.2 Å². The Hall–Kier alpha value is -5.38. The fourth-order valence-corrected chi connectivity index (χ4v) is 5.95. The van der Waals surface area contributed by atoms with Crippen molar-refractivity contribution in [2.45, 2.75) is 76.0 Å². The molecule has 0 spiro atoms. The van der Waals surface area contributed by atoms with Crippen LogP contribution in [-0.2, 0) is 54.7 Å². The second-order valence-electron chi connectivity index (χ2n) is 12.1. The van der Waals surface area contributed by atoms with Crippen LogP contribution in [0, 0.1) is 17.8 Å². The molecule has 2 amide bonds. The van der Waals surface area contributed by atoms with Gasteiger partial charge in [0.25, 0.3) is 0 Å². The monoisotopic (exact) mass is 730 g/mol. The van der Waals surface area contributed by atoms with Crippen LogP contribution < -0.4 is 10.6 Å². The molecular weight excluding hydrogens is 688 g/mol. The van der Waals surface area contributed by atoms with Crippen LogP contribution in [0.4, 0.5) is 0 Å². The number of carboxylic acid groups (broad SMARTS) is 3. The van der Waals surface area contributed by atoms with Gasteiger partial charge in [-0.25, -0.2) is 8.42 Å². The number of hydrogen-bond donors (Lipinski definition) is 5. The molecule has 276 valence electrons. The molecule has 2 aromatic carbocycles. The van der Waals surface area contributed by atoms with E-state index in [-0.39, 0.29) is 11.5 Å². The van der Waals surface area contributed by atoms with E-state index >= 15 is 0 Å². The molecule has 2 rings (SSSR count). The third kappa shape index (κ3) is 15.4. The van der Waals surface area contributed by atoms with E-state index in [9.17, 15) is 57.3 Å². The molecule has 2 aromatic rings. The number of benzene rings is 2. The highest BCUT2D eigenvalue weighted by atomic mass is 32.2. The molecule has 0 heterocycles. The summed E-state index contributed by atoms with van der Waals surface area (Å²) >= 11 is 0. The summed E-state index contributed by atoms with van der Waals surface area (Å²) in [5, 5.41) is 33.6. The SMILES string of the molecule is CC(C)[C@H](CC(=O)[C@H](CCC(=O)O)NC(=O)[C@H](CC(=O)O)CC(=O)OCc1ccccc1)C(=O)N[C@H](/C=C/S(=O)(=O)c1ccccc1)CC(=O)O. The van der Waals surface area contributed by atoms with Crippen molar-refractivity contribution in [1.82, 2.24) is 10.6 Å². The van der Waals surface area contributed by atoms with E-state index < -0.39 is 120 Å². The number of hydrogen-bond acceptors (Lipinski definition) is 10. The number of rotatable bonds is 22. The van der Waals surface area contributed by atoms with Gasteiger partial charge < -0.3 is 30.7 Å². The lowest BCUT2D eigenvalue weighted by Crippen LogP contribution is -2.47. The summed E-state index contributed by atoms with van der Waals surface area (Å²) in [7, 11) is -3.99. The maximum Gasteiger partial charge on any atom is 0.306 e. The Morgan fingerprint density at radius 1 is 0.745 bits per heavy atom. The summed E-state index contributed by atoms with van der Waals surface area (Å²) in [6.07, 6.45) is -2.70. The Morgan fingerprint density at radius 2 is 1.33 bits per heavy atom. The molecule has 0 aliphatic carbocycles. The molecule has 0 aliphatic rings. The molecule has 0 aromatic heterocycles. The molecule has 4 atom stereocenters. The van der Waals surface area contributed by atoms with Crippen molar-refractivity contribution in [3.63, 3.8) is 0 Å². The Kier molecular flexibility index (Phi) is 16.7. The quantitative estimate of drug-likeness (QED) is 0.110. The number of carbonyl (C=O) groups is 7. The molecule has 5 N–H and O–H groups in total. The van der Waals surface area contributed by atoms with Crippen LogP contribution in [0.25, 0.3) is 0 Å². The molecule has 0 bridgehead atoms. The van der Waals surface area contributed by atoms with Crippen LogP contribution in [0.3, 0.4) is 0 Å². The number of nitrogens with one attached hydrogen (secondary N) is 2. The van der Waals surface area contributed by atoms with Crippen molar-refractivity contribution in [3.05, 3.63) is 77.7 Å². The zero-order chi connectivity index (χ0) is 38.1. The minimum Gasteiger partial charge on any atom is -0.481 e. The summed E-state index contributed by atoms with van der Waals surface area (Å²) in [4.78, 5) is 87.1. The number of Topliss-reactive ketones (excluding diaryl/α,β-unsaturated/α-hetero) is 1. The zero-order valence-electron chi connectivity index (χ0n) is 28.1. The van der Waals surface area contributed by atoms with E-state index in [1.807, 2.05) is 0 Å². The van der Waals surface area contributed by atoms with Crippen LogP contribution in [0.15, 0.2) is 77.0 Å². The smallest absolute Gasteiger partial charge is 0.306 e. The fraction of sp³-hybridized carbons (Fsp3) is 0.400. The van der Waals surface area contributed by atoms with Gasteiger partial charge in [0.1, 0.15) is 6.61 Å². The third-order valence-electron chi connectivity index (χ3n) is 7.65. The molecule has 0 saturated carbocycles. The third-order valence-corrected chi connectivity index (χ3v) is 9.09. The van der Waals surface area contributed by atoms with Gasteiger partial charge in [-0.1, -0.05) is 62.4 Å². The van der Waals surface area contributed by atoms with E-state index in [2.05, 4.69) is 10.6 Å². The molecule has 0 aliphatic heterocycles. The largest absolute Gasteiger partial charge is 0.481 e. The molecule has 16 heteroatoms. The van der Waals surface area contributed by atoms with Gasteiger partial charge in [0.2, 0.25) is 11.8 Å². The second kappa shape index (κ2) is 20.3. The van der Waals surface area contributed by atoms with Crippen molar-refractivity contribution < 1.29 is 62.0 Å². The minimum atomic E-state index is -3.99. The maximum atomic E-state index is 13.5. The highest BCUT2D eigenvalue weighted by molar-refractivity contribution is 7.94. The second-order valence-corrected chi connectivity index (χ2v) is 13.9. The molecule has 15 nitrogen and oxygen atoms in total. The van der Waals surface area contributed by atoms with E-state index in [0.29, 0.717) is 5.56 Å². The van der Waals surface area contributed by atoms with Gasteiger partial charge in [-0.15, -0.1) is 0 Å². The van der Waals surface area contributed by atoms with Crippen molar-refractivity contribution >= 4 is 51.3 Å². The van der Waals surface area contributed by atoms with E-state index in [1.165, 1.54) is 24.3 Å². The predicted molar refractivity (Wildman–Crippen MR) is 180 cm³/mol. The topological polar surface area (TPSA) is 248 Å². The summed E-state index contributed by atoms with van der Waals surface area (Å²) in [6.45, 7) is 3.05. The summed E-state index contributed by atoms with van der Waals surface area (Å²) in [6, 6.07) is 13.1. The van der Waals surface area contributed by atoms with E-state index in [0.717, 1.165) is 11.5 Å². The lowest BCUT2D eigenvalue weighted by Gasteiger charge is -2.25. The number of ether oxygens (including phenoxy) is 1. The number of sulfone groups is 1. The first-order chi connectivity index (χ1) is 24.0. The lowest BCUT2D eigenvalue weighted by atomic mass is 9.86. The summed E-state index contributed by atoms with van der Waals surface area (Å²) in [5.74, 6) is -10.7. The van der Waals surface area contributed by atoms with Gasteiger partial charge in [0.05, 0.1) is 42.2 Å². The van der Waals surface area contributed by atoms with Crippen molar-refractivity contribution in [3.8, 4) is 0 Å². The van der Waals surface area contributed by atoms with Crippen LogP contribution in [-0.4, -0.2) is 77.3 Å². The molecule has 0 fully saturated rings. The molecule has 0 unspecified atom stereocenters. The predicted octanol–water partition coefficient (Wildman–Crippen LogP) is 2.74. The summed E-state index contributed by atoms with van der Waals surface area (Å²) in [5.41, 5.74) is 0.649. The van der Waals surface area contributed by atoms with Crippen LogP contribution >= 0.6 is 0 Å². The first-order valence-electron chi connectivity index (χ1n) is 15.9. The van der Waals surface area contributed by atoms with Gasteiger partial charge in [-0.3, -0.25) is 33.6 Å². The normalized spacial score (nSPS) is 13.8. The molecular formula is C35H42N2O13S. The van der Waals surface area contributed by atoms with E-state index in [4.69, 9.17) is 4.74 Å². The number of carbonyl (C=O) groups excluding carboxylic acids is 4. The average Bonchev–Trinajstić information content (AvgIpc) is 3.06. The van der Waals surface area contributed by atoms with Crippen molar-refractivity contribution in [1.29, 1.82) is 0 Å². The van der Waals surface area contributed by atoms with Gasteiger partial charge in [0, 0.05) is 24.2 Å². The lowest BCUT2D eigenvalue weighted by molar-refractivity contribution is -0.150. The van der Waals surface area contributed by atoms with Gasteiger partial charge in [0.15, 0.2) is 15.6 Å². The van der Waals surface area contributed by atoms with Gasteiger partial charge in [-0.05, 0) is 36.1 Å². The van der Waals surface area contributed by atoms with Crippen molar-refractivity contribution in [2.75, 3.05) is 0 Å². The Bertz CT molecular complexity index is 1680. The highest BCUT2D eigenvalue weighted by Gasteiger charge is 2.33. The number of ketones is 1. The Balaban J connectivity index is 2.22. The molecule has 0 radical (unpaired) electrons. The number of amides is 2. The Morgan fingerprint density at radius 3 is 1.88 bits per heavy atom. The highest BCUT2D eigenvalue weighted by Crippen LogP contribution is 2.21. The summed E-state index contributed by atoms with van der Waals surface area (Å²) < 4.78 is 30.6. The van der Waals surface area contributed by atoms with Crippen LogP contribution in [0.1, 0.15) is 57.9 Å². The first kappa shape index (κ1) is 41.8. The van der Waals surface area contributed by atoms with Crippen LogP contribution in [0.2, 0.25) is 0 Å². The number of aliphatic carboxylic acids is 3. The van der Waals surface area contributed by atoms with Crippen molar-refractivity contribution in [2.24, 2.45) is 17.8 Å². The number of esters is 1.